The first-order chi connectivity index (χ1) is 24.9. The number of hydrogen-bond acceptors (Lipinski definition) is 10. The number of carbonyl (C=O) groups excluding carboxylic acids is 3. The number of piperidine rings is 2. The number of benzene rings is 2. The second-order valence-electron chi connectivity index (χ2n) is 14.2. The normalized spacial score (nSPS) is 19.2. The van der Waals surface area contributed by atoms with Gasteiger partial charge in [0.1, 0.15) is 5.82 Å². The van der Waals surface area contributed by atoms with E-state index in [0.717, 1.165) is 87.7 Å². The minimum absolute atomic E-state index is 0.0715. The number of likely N-dealkylation sites (tertiary alicyclic amines) is 1. The Morgan fingerprint density at radius 1 is 1.08 bits per heavy atom. The third-order valence-electron chi connectivity index (χ3n) is 10.8. The second kappa shape index (κ2) is 14.2. The molecule has 4 aliphatic rings. The minimum atomic E-state index is -0.351. The van der Waals surface area contributed by atoms with Gasteiger partial charge in [-0.1, -0.05) is 18.2 Å². The molecule has 51 heavy (non-hydrogen) atoms. The van der Waals surface area contributed by atoms with Gasteiger partial charge in [0.05, 0.1) is 10.9 Å². The lowest BCUT2D eigenvalue weighted by atomic mass is 9.89. The summed E-state index contributed by atoms with van der Waals surface area (Å²) in [6.45, 7) is 5.29. The molecule has 4 N–H and O–H groups in total. The van der Waals surface area contributed by atoms with Crippen molar-refractivity contribution in [3.8, 4) is 0 Å². The highest BCUT2D eigenvalue weighted by Gasteiger charge is 2.57. The largest absolute Gasteiger partial charge is 0.358 e. The van der Waals surface area contributed by atoms with Crippen molar-refractivity contribution in [2.75, 3.05) is 48.7 Å². The zero-order valence-corrected chi connectivity index (χ0v) is 29.7. The summed E-state index contributed by atoms with van der Waals surface area (Å²) >= 11 is 1.84. The molecule has 0 atom stereocenters. The molecule has 14 heteroatoms. The first-order valence-electron chi connectivity index (χ1n) is 18.0. The van der Waals surface area contributed by atoms with Crippen molar-refractivity contribution in [3.05, 3.63) is 65.4 Å². The van der Waals surface area contributed by atoms with Crippen molar-refractivity contribution in [2.24, 2.45) is 7.05 Å². The first-order valence-corrected chi connectivity index (χ1v) is 18.8. The zero-order chi connectivity index (χ0) is 35.0. The number of nitrogens with zero attached hydrogens (tertiary/aromatic N) is 6. The van der Waals surface area contributed by atoms with E-state index in [9.17, 15) is 14.4 Å². The van der Waals surface area contributed by atoms with Crippen molar-refractivity contribution in [1.29, 1.82) is 0 Å². The zero-order valence-electron chi connectivity index (χ0n) is 28.9. The highest BCUT2D eigenvalue weighted by atomic mass is 32.2. The number of fused-ring (bicyclic) bond motifs is 3. The smallest absolute Gasteiger partial charge is 0.236 e. The van der Waals surface area contributed by atoms with E-state index in [0.29, 0.717) is 42.5 Å². The minimum Gasteiger partial charge on any atom is -0.358 e. The van der Waals surface area contributed by atoms with Gasteiger partial charge in [-0.15, -0.1) is 0 Å². The van der Waals surface area contributed by atoms with Crippen LogP contribution in [0.25, 0.3) is 10.9 Å². The van der Waals surface area contributed by atoms with Gasteiger partial charge in [0.25, 0.3) is 0 Å². The number of anilines is 3. The van der Waals surface area contributed by atoms with Gasteiger partial charge in [-0.2, -0.15) is 10.1 Å². The van der Waals surface area contributed by atoms with Crippen LogP contribution in [0.1, 0.15) is 67.6 Å². The Balaban J connectivity index is 0.798. The average molecular weight is 709 g/mol. The van der Waals surface area contributed by atoms with E-state index in [1.165, 1.54) is 16.0 Å². The van der Waals surface area contributed by atoms with Crippen LogP contribution in [0.15, 0.2) is 53.6 Å². The molecule has 0 radical (unpaired) electrons. The molecule has 8 rings (SSSR count). The van der Waals surface area contributed by atoms with E-state index in [4.69, 9.17) is 0 Å². The molecule has 0 bridgehead atoms. The SMILES string of the molecule is Cn1nc(NC(=O)CCNC=O)c2ccc(C3CCN(Cc4cccc(SN5CCC(Nc6ncc7c(n6)NC(=O)C76CC6)CC5)c4)CC3)cc21. The Morgan fingerprint density at radius 3 is 2.69 bits per heavy atom. The van der Waals surface area contributed by atoms with Crippen molar-refractivity contribution < 1.29 is 14.4 Å². The number of rotatable bonds is 12. The summed E-state index contributed by atoms with van der Waals surface area (Å²) in [6, 6.07) is 15.7. The number of nitrogens with one attached hydrogen (secondary N) is 4. The van der Waals surface area contributed by atoms with Crippen molar-refractivity contribution >= 4 is 58.7 Å². The van der Waals surface area contributed by atoms with Crippen LogP contribution in [0.4, 0.5) is 17.6 Å². The monoisotopic (exact) mass is 708 g/mol. The Morgan fingerprint density at radius 2 is 1.90 bits per heavy atom. The lowest BCUT2D eigenvalue weighted by molar-refractivity contribution is -0.118. The van der Waals surface area contributed by atoms with Crippen LogP contribution in [0.2, 0.25) is 0 Å². The molecule has 1 saturated carbocycles. The maximum absolute atomic E-state index is 12.3. The third-order valence-corrected chi connectivity index (χ3v) is 11.9. The Labute approximate surface area is 301 Å². The molecule has 0 unspecified atom stereocenters. The Kier molecular flexibility index (Phi) is 9.38. The summed E-state index contributed by atoms with van der Waals surface area (Å²) in [5, 5.41) is 17.3. The molecule has 3 fully saturated rings. The van der Waals surface area contributed by atoms with Crippen molar-refractivity contribution in [3.63, 3.8) is 0 Å². The summed E-state index contributed by atoms with van der Waals surface area (Å²) in [7, 11) is 1.90. The average Bonchev–Trinajstić information content (AvgIpc) is 3.82. The standard InChI is InChI=1S/C37H44N10O3S/c1-45-31-20-26(5-6-29(31)33(44-45)41-32(49)7-14-38-23-48)25-8-15-46(16-9-25)22-24-3-2-4-28(19-24)51-47-17-10-27(11-18-47)40-36-39-21-30-34(43-36)42-35(50)37(30)12-13-37/h2-6,19-21,23,25,27H,7-18,22H2,1H3,(H,38,48)(H,41,44,49)(H2,39,40,42,43,50). The molecule has 13 nitrogen and oxygen atoms in total. The van der Waals surface area contributed by atoms with Gasteiger partial charge in [0.2, 0.25) is 24.2 Å². The molecule has 2 aromatic carbocycles. The third kappa shape index (κ3) is 7.17. The fourth-order valence-electron chi connectivity index (χ4n) is 7.73. The highest BCUT2D eigenvalue weighted by Crippen LogP contribution is 2.54. The molecule has 5 heterocycles. The number of carbonyl (C=O) groups is 3. The first kappa shape index (κ1) is 33.6. The van der Waals surface area contributed by atoms with Gasteiger partial charge in [-0.25, -0.2) is 9.29 Å². The van der Waals surface area contributed by atoms with Gasteiger partial charge >= 0.3 is 0 Å². The summed E-state index contributed by atoms with van der Waals surface area (Å²) < 4.78 is 4.28. The van der Waals surface area contributed by atoms with Crippen LogP contribution < -0.4 is 21.3 Å². The fourth-order valence-corrected chi connectivity index (χ4v) is 8.77. The van der Waals surface area contributed by atoms with E-state index in [2.05, 4.69) is 88.0 Å². The highest BCUT2D eigenvalue weighted by molar-refractivity contribution is 7.97. The van der Waals surface area contributed by atoms with Crippen LogP contribution in [0, 0.1) is 0 Å². The lowest BCUT2D eigenvalue weighted by Gasteiger charge is -2.33. The van der Waals surface area contributed by atoms with E-state index in [-0.39, 0.29) is 23.7 Å². The molecule has 2 saturated heterocycles. The second-order valence-corrected chi connectivity index (χ2v) is 15.4. The molecule has 266 valence electrons. The lowest BCUT2D eigenvalue weighted by Crippen LogP contribution is -2.36. The van der Waals surface area contributed by atoms with Gasteiger partial charge in [0, 0.05) is 67.7 Å². The molecule has 4 aromatic rings. The van der Waals surface area contributed by atoms with Gasteiger partial charge in [0.15, 0.2) is 5.82 Å². The topological polar surface area (TPSA) is 149 Å². The Hall–Kier alpha value is -4.53. The van der Waals surface area contributed by atoms with Crippen LogP contribution in [0.3, 0.4) is 0 Å². The summed E-state index contributed by atoms with van der Waals surface area (Å²) in [5.41, 5.74) is 4.27. The fraction of sp³-hybridized carbons (Fsp3) is 0.459. The summed E-state index contributed by atoms with van der Waals surface area (Å²) in [6.07, 6.45) is 8.62. The maximum Gasteiger partial charge on any atom is 0.236 e. The molecule has 3 amide bonds. The molecule has 2 aromatic heterocycles. The van der Waals surface area contributed by atoms with Crippen molar-refractivity contribution in [1.82, 2.24) is 34.3 Å². The molecular weight excluding hydrogens is 665 g/mol. The predicted octanol–water partition coefficient (Wildman–Crippen LogP) is 4.38. The predicted molar refractivity (Wildman–Crippen MR) is 197 cm³/mol. The molecule has 1 aliphatic carbocycles. The van der Waals surface area contributed by atoms with E-state index in [1.807, 2.05) is 29.9 Å². The van der Waals surface area contributed by atoms with Crippen LogP contribution in [-0.4, -0.2) is 85.9 Å². The molecular formula is C37H44N10O3S. The van der Waals surface area contributed by atoms with Gasteiger partial charge in [-0.3, -0.25) is 24.0 Å². The summed E-state index contributed by atoms with van der Waals surface area (Å²) in [5.74, 6) is 2.21. The van der Waals surface area contributed by atoms with Crippen LogP contribution in [-0.2, 0) is 33.4 Å². The maximum atomic E-state index is 12.3. The van der Waals surface area contributed by atoms with Crippen LogP contribution in [0.5, 0.6) is 0 Å². The van der Waals surface area contributed by atoms with Crippen LogP contribution >= 0.6 is 11.9 Å². The quantitative estimate of drug-likeness (QED) is 0.0949. The number of amides is 3. The number of aromatic nitrogens is 4. The number of hydrogen-bond donors (Lipinski definition) is 4. The van der Waals surface area contributed by atoms with Gasteiger partial charge < -0.3 is 21.3 Å². The van der Waals surface area contributed by atoms with Gasteiger partial charge in [-0.05, 0) is 105 Å². The van der Waals surface area contributed by atoms with E-state index >= 15 is 0 Å². The molecule has 3 aliphatic heterocycles. The van der Waals surface area contributed by atoms with E-state index < -0.39 is 0 Å². The van der Waals surface area contributed by atoms with E-state index in [1.54, 1.807) is 0 Å². The molecule has 1 spiro atoms. The number of aryl methyl sites for hydroxylation is 1. The van der Waals surface area contributed by atoms with Crippen molar-refractivity contribution in [2.45, 2.75) is 73.8 Å². The summed E-state index contributed by atoms with van der Waals surface area (Å²) in [4.78, 5) is 48.1. The Bertz CT molecular complexity index is 1950.